The monoisotopic (exact) mass is 283 g/mol. The lowest BCUT2D eigenvalue weighted by Crippen LogP contribution is -2.42. The van der Waals surface area contributed by atoms with Crippen LogP contribution < -0.4 is 10.6 Å². The molecular weight excluding hydrogens is 266 g/mol. The molecule has 5 nitrogen and oxygen atoms in total. The largest absolute Gasteiger partial charge is 0.365 e. The zero-order valence-corrected chi connectivity index (χ0v) is 11.6. The Balaban J connectivity index is 1.83. The average Bonchev–Trinajstić information content (AvgIpc) is 2.47. The zero-order chi connectivity index (χ0) is 14.8. The van der Waals surface area contributed by atoms with Gasteiger partial charge in [0.15, 0.2) is 0 Å². The fourth-order valence-corrected chi connectivity index (χ4v) is 2.81. The van der Waals surface area contributed by atoms with E-state index in [0.717, 1.165) is 18.5 Å². The summed E-state index contributed by atoms with van der Waals surface area (Å²) in [5, 5.41) is 10.7. The normalized spacial score (nSPS) is 17.4. The van der Waals surface area contributed by atoms with Gasteiger partial charge in [-0.3, -0.25) is 10.1 Å². The van der Waals surface area contributed by atoms with Crippen molar-refractivity contribution in [3.63, 3.8) is 0 Å². The predicted molar refractivity (Wildman–Crippen MR) is 82.3 cm³/mol. The number of nitro benzene ring substituents is 1. The molecule has 2 aromatic carbocycles. The third-order valence-electron chi connectivity index (χ3n) is 3.79. The number of nitrogens with zero attached hydrogens (tertiary/aromatic N) is 2. The Morgan fingerprint density at radius 2 is 1.90 bits per heavy atom. The second kappa shape index (κ2) is 5.54. The van der Waals surface area contributed by atoms with Crippen LogP contribution in [0.1, 0.15) is 11.1 Å². The summed E-state index contributed by atoms with van der Waals surface area (Å²) in [6, 6.07) is 15.1. The highest BCUT2D eigenvalue weighted by atomic mass is 16.6. The van der Waals surface area contributed by atoms with Crippen molar-refractivity contribution in [3.05, 3.63) is 69.8 Å². The molecule has 0 spiro atoms. The Morgan fingerprint density at radius 1 is 1.19 bits per heavy atom. The second-order valence-electron chi connectivity index (χ2n) is 5.40. The number of hydrogen-bond acceptors (Lipinski definition) is 4. The van der Waals surface area contributed by atoms with E-state index in [1.54, 1.807) is 24.3 Å². The van der Waals surface area contributed by atoms with Crippen LogP contribution in [0.3, 0.4) is 0 Å². The number of nitro groups is 1. The van der Waals surface area contributed by atoms with Gasteiger partial charge in [0.05, 0.1) is 4.92 Å². The van der Waals surface area contributed by atoms with Gasteiger partial charge in [0.1, 0.15) is 0 Å². The third-order valence-corrected chi connectivity index (χ3v) is 3.79. The SMILES string of the molecule is NC1Cc2ccccc2N(Cc2ccc([N+](=O)[O-])cc2)C1. The Kier molecular flexibility index (Phi) is 3.58. The first-order valence-corrected chi connectivity index (χ1v) is 6.95. The average molecular weight is 283 g/mol. The molecule has 2 aromatic rings. The molecule has 21 heavy (non-hydrogen) atoms. The van der Waals surface area contributed by atoms with Crippen LogP contribution in [0.2, 0.25) is 0 Å². The number of fused-ring (bicyclic) bond motifs is 1. The summed E-state index contributed by atoms with van der Waals surface area (Å²) in [6.07, 6.45) is 0.896. The number of anilines is 1. The van der Waals surface area contributed by atoms with E-state index >= 15 is 0 Å². The maximum Gasteiger partial charge on any atom is 0.269 e. The van der Waals surface area contributed by atoms with E-state index in [9.17, 15) is 10.1 Å². The van der Waals surface area contributed by atoms with Crippen LogP contribution in [0.25, 0.3) is 0 Å². The molecular formula is C16H17N3O2. The topological polar surface area (TPSA) is 72.4 Å². The molecule has 1 aliphatic rings. The third kappa shape index (κ3) is 2.87. The molecule has 1 heterocycles. The van der Waals surface area contributed by atoms with Gasteiger partial charge in [-0.1, -0.05) is 30.3 Å². The lowest BCUT2D eigenvalue weighted by atomic mass is 9.98. The molecule has 5 heteroatoms. The van der Waals surface area contributed by atoms with Crippen molar-refractivity contribution in [2.45, 2.75) is 19.0 Å². The summed E-state index contributed by atoms with van der Waals surface area (Å²) in [4.78, 5) is 12.5. The summed E-state index contributed by atoms with van der Waals surface area (Å²) in [5.41, 5.74) is 9.76. The minimum Gasteiger partial charge on any atom is -0.365 e. The molecule has 2 N–H and O–H groups in total. The molecule has 0 saturated heterocycles. The Labute approximate surface area is 123 Å². The molecule has 1 unspecified atom stereocenters. The standard InChI is InChI=1S/C16H17N3O2/c17-14-9-13-3-1-2-4-16(13)18(11-14)10-12-5-7-15(8-6-12)19(20)21/h1-8,14H,9-11,17H2. The van der Waals surface area contributed by atoms with Crippen molar-refractivity contribution >= 4 is 11.4 Å². The van der Waals surface area contributed by atoms with Crippen molar-refractivity contribution in [3.8, 4) is 0 Å². The van der Waals surface area contributed by atoms with Gasteiger partial charge in [0, 0.05) is 37.0 Å². The molecule has 0 aromatic heterocycles. The van der Waals surface area contributed by atoms with E-state index in [2.05, 4.69) is 17.0 Å². The number of hydrogen-bond donors (Lipinski definition) is 1. The van der Waals surface area contributed by atoms with Crippen molar-refractivity contribution < 1.29 is 4.92 Å². The Morgan fingerprint density at radius 3 is 2.62 bits per heavy atom. The van der Waals surface area contributed by atoms with Gasteiger partial charge in [0.25, 0.3) is 5.69 Å². The summed E-state index contributed by atoms with van der Waals surface area (Å²) in [6.45, 7) is 1.51. The van der Waals surface area contributed by atoms with Gasteiger partial charge in [-0.15, -0.1) is 0 Å². The number of benzene rings is 2. The van der Waals surface area contributed by atoms with Crippen LogP contribution in [0, 0.1) is 10.1 Å². The first kappa shape index (κ1) is 13.6. The van der Waals surface area contributed by atoms with E-state index in [1.807, 2.05) is 12.1 Å². The van der Waals surface area contributed by atoms with E-state index in [-0.39, 0.29) is 16.7 Å². The number of non-ortho nitro benzene ring substituents is 1. The lowest BCUT2D eigenvalue weighted by molar-refractivity contribution is -0.384. The van der Waals surface area contributed by atoms with Crippen molar-refractivity contribution in [1.82, 2.24) is 0 Å². The van der Waals surface area contributed by atoms with Crippen LogP contribution in [0.15, 0.2) is 48.5 Å². The summed E-state index contributed by atoms with van der Waals surface area (Å²) < 4.78 is 0. The van der Waals surface area contributed by atoms with Gasteiger partial charge in [-0.2, -0.15) is 0 Å². The number of nitrogens with two attached hydrogens (primary N) is 1. The van der Waals surface area contributed by atoms with Crippen molar-refractivity contribution in [1.29, 1.82) is 0 Å². The minimum atomic E-state index is -0.379. The Bertz CT molecular complexity index is 655. The maximum absolute atomic E-state index is 10.7. The van der Waals surface area contributed by atoms with Crippen molar-refractivity contribution in [2.75, 3.05) is 11.4 Å². The van der Waals surface area contributed by atoms with Gasteiger partial charge < -0.3 is 10.6 Å². The smallest absolute Gasteiger partial charge is 0.269 e. The molecule has 0 aliphatic carbocycles. The van der Waals surface area contributed by atoms with E-state index in [4.69, 9.17) is 5.73 Å². The highest BCUT2D eigenvalue weighted by Gasteiger charge is 2.21. The number of para-hydroxylation sites is 1. The zero-order valence-electron chi connectivity index (χ0n) is 11.6. The molecule has 1 aliphatic heterocycles. The van der Waals surface area contributed by atoms with Gasteiger partial charge in [-0.25, -0.2) is 0 Å². The summed E-state index contributed by atoms with van der Waals surface area (Å²) in [5.74, 6) is 0. The van der Waals surface area contributed by atoms with Gasteiger partial charge >= 0.3 is 0 Å². The second-order valence-corrected chi connectivity index (χ2v) is 5.40. The van der Waals surface area contributed by atoms with Crippen LogP contribution in [0.5, 0.6) is 0 Å². The van der Waals surface area contributed by atoms with E-state index in [1.165, 1.54) is 11.3 Å². The van der Waals surface area contributed by atoms with Crippen LogP contribution >= 0.6 is 0 Å². The highest BCUT2D eigenvalue weighted by molar-refractivity contribution is 5.56. The quantitative estimate of drug-likeness (QED) is 0.694. The molecule has 0 bridgehead atoms. The maximum atomic E-state index is 10.7. The molecule has 0 amide bonds. The fraction of sp³-hybridized carbons (Fsp3) is 0.250. The Hall–Kier alpha value is -2.40. The molecule has 0 fully saturated rings. The van der Waals surface area contributed by atoms with Gasteiger partial charge in [-0.05, 0) is 23.6 Å². The molecule has 0 radical (unpaired) electrons. The molecule has 1 atom stereocenters. The van der Waals surface area contributed by atoms with E-state index < -0.39 is 0 Å². The number of rotatable bonds is 3. The van der Waals surface area contributed by atoms with Gasteiger partial charge in [0.2, 0.25) is 0 Å². The van der Waals surface area contributed by atoms with E-state index in [0.29, 0.717) is 6.54 Å². The van der Waals surface area contributed by atoms with Crippen molar-refractivity contribution in [2.24, 2.45) is 5.73 Å². The lowest BCUT2D eigenvalue weighted by Gasteiger charge is -2.34. The molecule has 3 rings (SSSR count). The van der Waals surface area contributed by atoms with Crippen LogP contribution in [0.4, 0.5) is 11.4 Å². The van der Waals surface area contributed by atoms with Crippen LogP contribution in [-0.4, -0.2) is 17.5 Å². The predicted octanol–water partition coefficient (Wildman–Crippen LogP) is 2.48. The first-order chi connectivity index (χ1) is 10.1. The summed E-state index contributed by atoms with van der Waals surface area (Å²) in [7, 11) is 0. The highest BCUT2D eigenvalue weighted by Crippen LogP contribution is 2.28. The first-order valence-electron chi connectivity index (χ1n) is 6.95. The molecule has 0 saturated carbocycles. The summed E-state index contributed by atoms with van der Waals surface area (Å²) >= 11 is 0. The van der Waals surface area contributed by atoms with Crippen LogP contribution in [-0.2, 0) is 13.0 Å². The fourth-order valence-electron chi connectivity index (χ4n) is 2.81. The minimum absolute atomic E-state index is 0.120. The molecule has 108 valence electrons.